The Hall–Kier alpha value is -2.46. The van der Waals surface area contributed by atoms with Gasteiger partial charge in [0.25, 0.3) is 5.56 Å². The van der Waals surface area contributed by atoms with Crippen LogP contribution in [0, 0.1) is 5.92 Å². The quantitative estimate of drug-likeness (QED) is 0.672. The summed E-state index contributed by atoms with van der Waals surface area (Å²) in [6.45, 7) is 3.27. The highest BCUT2D eigenvalue weighted by Crippen LogP contribution is 2.32. The van der Waals surface area contributed by atoms with E-state index < -0.39 is 0 Å². The molecule has 4 nitrogen and oxygen atoms in total. The Morgan fingerprint density at radius 3 is 2.59 bits per heavy atom. The van der Waals surface area contributed by atoms with Gasteiger partial charge in [0.05, 0.1) is 11.0 Å². The maximum absolute atomic E-state index is 13.5. The summed E-state index contributed by atoms with van der Waals surface area (Å²) in [7, 11) is 0. The Morgan fingerprint density at radius 2 is 1.69 bits per heavy atom. The Bertz CT molecular complexity index is 1040. The van der Waals surface area contributed by atoms with Gasteiger partial charge >= 0.3 is 0 Å². The molecule has 0 spiro atoms. The molecule has 2 aromatic carbocycles. The van der Waals surface area contributed by atoms with Crippen LogP contribution in [-0.4, -0.2) is 33.6 Å². The van der Waals surface area contributed by atoms with Crippen LogP contribution in [0.3, 0.4) is 0 Å². The number of piperidine rings is 2. The monoisotopic (exact) mass is 387 g/mol. The molecule has 1 aromatic heterocycles. The van der Waals surface area contributed by atoms with Crippen LogP contribution in [0.4, 0.5) is 0 Å². The standard InChI is InChI=1S/C25H29N3O/c29-25-22(17-19-9-2-1-3-10-19)26-21-12-4-5-14-24(21)28(25)18-20-11-8-16-27-15-7-6-13-23(20)27/h1-5,9-10,12,14,20,23H,6-8,11,13,15-18H2/t20-,23-/m1/s1. The summed E-state index contributed by atoms with van der Waals surface area (Å²) in [6, 6.07) is 18.9. The number of nitrogens with zero attached hydrogens (tertiary/aromatic N) is 3. The van der Waals surface area contributed by atoms with Crippen LogP contribution in [0.15, 0.2) is 59.4 Å². The number of aromatic nitrogens is 2. The van der Waals surface area contributed by atoms with Crippen molar-refractivity contribution in [2.45, 2.75) is 51.1 Å². The van der Waals surface area contributed by atoms with Crippen molar-refractivity contribution in [3.8, 4) is 0 Å². The second-order valence-electron chi connectivity index (χ2n) is 8.63. The molecule has 4 heteroatoms. The van der Waals surface area contributed by atoms with Crippen molar-refractivity contribution in [3.63, 3.8) is 0 Å². The molecule has 2 fully saturated rings. The molecule has 0 bridgehead atoms. The number of benzene rings is 2. The van der Waals surface area contributed by atoms with Crippen LogP contribution in [-0.2, 0) is 13.0 Å². The number of hydrogen-bond donors (Lipinski definition) is 0. The SMILES string of the molecule is O=c1c(Cc2ccccc2)nc2ccccc2n1C[C@H]1CCCN2CCCC[C@H]12. The zero-order valence-corrected chi connectivity index (χ0v) is 17.0. The van der Waals surface area contributed by atoms with Gasteiger partial charge in [0.1, 0.15) is 5.69 Å². The Balaban J connectivity index is 1.53. The average molecular weight is 388 g/mol. The third kappa shape index (κ3) is 3.74. The Kier molecular flexibility index (Phi) is 5.19. The van der Waals surface area contributed by atoms with E-state index in [1.807, 2.05) is 41.0 Å². The molecule has 0 unspecified atom stereocenters. The fraction of sp³-hybridized carbons (Fsp3) is 0.440. The molecule has 2 atom stereocenters. The van der Waals surface area contributed by atoms with Gasteiger partial charge in [0, 0.05) is 19.0 Å². The van der Waals surface area contributed by atoms with Crippen LogP contribution in [0.2, 0.25) is 0 Å². The molecule has 0 aliphatic carbocycles. The van der Waals surface area contributed by atoms with Crippen LogP contribution < -0.4 is 5.56 Å². The van der Waals surface area contributed by atoms with Gasteiger partial charge in [-0.25, -0.2) is 4.98 Å². The normalized spacial score (nSPS) is 22.5. The van der Waals surface area contributed by atoms with Gasteiger partial charge in [-0.2, -0.15) is 0 Å². The highest BCUT2D eigenvalue weighted by atomic mass is 16.1. The third-order valence-electron chi connectivity index (χ3n) is 6.78. The summed E-state index contributed by atoms with van der Waals surface area (Å²) in [5.41, 5.74) is 3.78. The first-order valence-corrected chi connectivity index (χ1v) is 11.1. The highest BCUT2D eigenvalue weighted by molar-refractivity contribution is 5.74. The van der Waals surface area contributed by atoms with Gasteiger partial charge in [0.2, 0.25) is 0 Å². The van der Waals surface area contributed by atoms with Crippen molar-refractivity contribution in [2.75, 3.05) is 13.1 Å². The van der Waals surface area contributed by atoms with Crippen LogP contribution in [0.25, 0.3) is 11.0 Å². The molecular formula is C25H29N3O. The van der Waals surface area contributed by atoms with Crippen molar-refractivity contribution in [3.05, 3.63) is 76.2 Å². The van der Waals surface area contributed by atoms with E-state index in [9.17, 15) is 4.79 Å². The van der Waals surface area contributed by atoms with E-state index in [4.69, 9.17) is 4.98 Å². The predicted octanol–water partition coefficient (Wildman–Crippen LogP) is 4.25. The van der Waals surface area contributed by atoms with Gasteiger partial charge in [-0.1, -0.05) is 48.9 Å². The van der Waals surface area contributed by atoms with Crippen molar-refractivity contribution in [1.29, 1.82) is 0 Å². The summed E-state index contributed by atoms with van der Waals surface area (Å²) in [5, 5.41) is 0. The summed E-state index contributed by atoms with van der Waals surface area (Å²) >= 11 is 0. The molecule has 0 radical (unpaired) electrons. The van der Waals surface area contributed by atoms with Gasteiger partial charge in [-0.15, -0.1) is 0 Å². The third-order valence-corrected chi connectivity index (χ3v) is 6.78. The number of rotatable bonds is 4. The fourth-order valence-corrected chi connectivity index (χ4v) is 5.36. The number of hydrogen-bond acceptors (Lipinski definition) is 3. The second-order valence-corrected chi connectivity index (χ2v) is 8.63. The maximum atomic E-state index is 13.5. The molecule has 2 aliphatic rings. The predicted molar refractivity (Wildman–Crippen MR) is 117 cm³/mol. The smallest absolute Gasteiger partial charge is 0.273 e. The summed E-state index contributed by atoms with van der Waals surface area (Å²) in [6.07, 6.45) is 6.98. The first kappa shape index (κ1) is 18.6. The molecule has 2 aliphatic heterocycles. The minimum atomic E-state index is 0.0838. The molecule has 5 rings (SSSR count). The van der Waals surface area contributed by atoms with Crippen molar-refractivity contribution < 1.29 is 0 Å². The summed E-state index contributed by atoms with van der Waals surface area (Å²) < 4.78 is 2.03. The molecule has 3 heterocycles. The van der Waals surface area contributed by atoms with Gasteiger partial charge in [0.15, 0.2) is 0 Å². The van der Waals surface area contributed by atoms with Crippen molar-refractivity contribution in [2.24, 2.45) is 5.92 Å². The lowest BCUT2D eigenvalue weighted by molar-refractivity contribution is 0.0520. The topological polar surface area (TPSA) is 38.1 Å². The maximum Gasteiger partial charge on any atom is 0.273 e. The van der Waals surface area contributed by atoms with Gasteiger partial charge < -0.3 is 9.47 Å². The number of para-hydroxylation sites is 2. The van der Waals surface area contributed by atoms with E-state index >= 15 is 0 Å². The second kappa shape index (κ2) is 8.11. The Labute approximate surface area is 172 Å². The largest absolute Gasteiger partial charge is 0.305 e. The van der Waals surface area contributed by atoms with Gasteiger partial charge in [-0.05, 0) is 62.4 Å². The van der Waals surface area contributed by atoms with E-state index in [-0.39, 0.29) is 5.56 Å². The highest BCUT2D eigenvalue weighted by Gasteiger charge is 2.33. The first-order valence-electron chi connectivity index (χ1n) is 11.1. The molecule has 0 saturated carbocycles. The van der Waals surface area contributed by atoms with E-state index in [0.717, 1.165) is 23.1 Å². The lowest BCUT2D eigenvalue weighted by Gasteiger charge is -2.44. The van der Waals surface area contributed by atoms with Crippen LogP contribution in [0.5, 0.6) is 0 Å². The fourth-order valence-electron chi connectivity index (χ4n) is 5.36. The molecule has 0 N–H and O–H groups in total. The van der Waals surface area contributed by atoms with E-state index in [1.54, 1.807) is 0 Å². The van der Waals surface area contributed by atoms with Crippen LogP contribution >= 0.6 is 0 Å². The van der Waals surface area contributed by atoms with E-state index in [0.29, 0.717) is 24.1 Å². The van der Waals surface area contributed by atoms with Crippen LogP contribution in [0.1, 0.15) is 43.4 Å². The van der Waals surface area contributed by atoms with E-state index in [2.05, 4.69) is 23.1 Å². The lowest BCUT2D eigenvalue weighted by atomic mass is 9.83. The average Bonchev–Trinajstić information content (AvgIpc) is 2.77. The lowest BCUT2D eigenvalue weighted by Crippen LogP contribution is -2.49. The molecule has 2 saturated heterocycles. The molecule has 29 heavy (non-hydrogen) atoms. The minimum Gasteiger partial charge on any atom is -0.305 e. The summed E-state index contributed by atoms with van der Waals surface area (Å²) in [5.74, 6) is 0.553. The van der Waals surface area contributed by atoms with Crippen molar-refractivity contribution >= 4 is 11.0 Å². The molecule has 0 amide bonds. The molecule has 3 aromatic rings. The number of fused-ring (bicyclic) bond motifs is 2. The Morgan fingerprint density at radius 1 is 0.897 bits per heavy atom. The summed E-state index contributed by atoms with van der Waals surface area (Å²) in [4.78, 5) is 20.9. The molecule has 150 valence electrons. The minimum absolute atomic E-state index is 0.0838. The first-order chi connectivity index (χ1) is 14.3. The van der Waals surface area contributed by atoms with E-state index in [1.165, 1.54) is 45.2 Å². The van der Waals surface area contributed by atoms with Gasteiger partial charge in [-0.3, -0.25) is 4.79 Å². The van der Waals surface area contributed by atoms with Crippen molar-refractivity contribution in [1.82, 2.24) is 14.5 Å². The zero-order chi connectivity index (χ0) is 19.6. The molecular weight excluding hydrogens is 358 g/mol. The zero-order valence-electron chi connectivity index (χ0n) is 17.0.